The zero-order valence-electron chi connectivity index (χ0n) is 11.2. The molecule has 0 unspecified atom stereocenters. The third-order valence-corrected chi connectivity index (χ3v) is 3.38. The molecule has 5 nitrogen and oxygen atoms in total. The molecule has 1 N–H and O–H groups in total. The maximum atomic E-state index is 11.6. The monoisotopic (exact) mass is 281 g/mol. The van der Waals surface area contributed by atoms with E-state index in [9.17, 15) is 9.59 Å². The summed E-state index contributed by atoms with van der Waals surface area (Å²) < 4.78 is 0. The third kappa shape index (κ3) is 2.72. The van der Waals surface area contributed by atoms with Crippen LogP contribution in [0.3, 0.4) is 0 Å². The van der Waals surface area contributed by atoms with Gasteiger partial charge < -0.3 is 15.1 Å². The zero-order valence-corrected chi connectivity index (χ0v) is 11.9. The number of nitrogens with one attached hydrogen (secondary N) is 1. The molecule has 1 aliphatic rings. The Morgan fingerprint density at radius 2 is 1.84 bits per heavy atom. The zero-order chi connectivity index (χ0) is 14.2. The summed E-state index contributed by atoms with van der Waals surface area (Å²) in [5.74, 6) is -1.13. The normalized spacial score (nSPS) is 13.7. The number of halogens is 1. The van der Waals surface area contributed by atoms with E-state index in [1.807, 2.05) is 26.0 Å². The first-order valence-electron chi connectivity index (χ1n) is 5.95. The highest BCUT2D eigenvalue weighted by Gasteiger charge is 2.29. The van der Waals surface area contributed by atoms with Crippen molar-refractivity contribution in [3.8, 4) is 0 Å². The number of amides is 1. The molecule has 1 amide bonds. The first-order chi connectivity index (χ1) is 8.90. The molecule has 1 heterocycles. The highest BCUT2D eigenvalue weighted by atomic mass is 35.5. The largest absolute Gasteiger partial charge is 0.372 e. The minimum Gasteiger partial charge on any atom is -0.372 e. The van der Waals surface area contributed by atoms with Gasteiger partial charge in [0.25, 0.3) is 11.7 Å². The molecule has 0 fully saturated rings. The van der Waals surface area contributed by atoms with Crippen molar-refractivity contribution in [3.05, 3.63) is 22.7 Å². The lowest BCUT2D eigenvalue weighted by Crippen LogP contribution is -2.28. The number of likely N-dealkylation sites (N-methyl/N-ethyl adjacent to an activating group) is 2. The number of carbonyl (C=O) groups is 2. The molecule has 0 saturated carbocycles. The molecule has 6 heteroatoms. The van der Waals surface area contributed by atoms with Crippen LogP contribution in [0.4, 0.5) is 11.4 Å². The van der Waals surface area contributed by atoms with Crippen LogP contribution in [0.25, 0.3) is 0 Å². The summed E-state index contributed by atoms with van der Waals surface area (Å²) in [5, 5.41) is 3.03. The SMILES string of the molecule is CN(C)CCN(C)c1cc2c(cc1Cl)C(=O)C(=O)N2. The molecular weight excluding hydrogens is 266 g/mol. The van der Waals surface area contributed by atoms with Crippen LogP contribution in [0.1, 0.15) is 10.4 Å². The Bertz CT molecular complexity index is 543. The number of anilines is 2. The molecule has 0 aromatic heterocycles. The molecule has 1 aromatic carbocycles. The summed E-state index contributed by atoms with van der Waals surface area (Å²) in [6.07, 6.45) is 0. The fraction of sp³-hybridized carbons (Fsp3) is 0.385. The van der Waals surface area contributed by atoms with E-state index in [0.717, 1.165) is 18.8 Å². The van der Waals surface area contributed by atoms with Crippen LogP contribution >= 0.6 is 11.6 Å². The van der Waals surface area contributed by atoms with Gasteiger partial charge in [0.15, 0.2) is 0 Å². The average Bonchev–Trinajstić information content (AvgIpc) is 2.61. The number of benzene rings is 1. The minimum atomic E-state index is -0.598. The molecule has 0 radical (unpaired) electrons. The molecule has 0 bridgehead atoms. The molecule has 0 spiro atoms. The quantitative estimate of drug-likeness (QED) is 0.849. The molecule has 19 heavy (non-hydrogen) atoms. The van der Waals surface area contributed by atoms with Gasteiger partial charge in [-0.25, -0.2) is 0 Å². The van der Waals surface area contributed by atoms with E-state index in [1.165, 1.54) is 0 Å². The summed E-state index contributed by atoms with van der Waals surface area (Å²) in [5.41, 5.74) is 1.68. The number of nitrogens with zero attached hydrogens (tertiary/aromatic N) is 2. The van der Waals surface area contributed by atoms with Crippen molar-refractivity contribution in [1.82, 2.24) is 4.90 Å². The predicted molar refractivity (Wildman–Crippen MR) is 76.2 cm³/mol. The number of ketones is 1. The molecule has 0 saturated heterocycles. The summed E-state index contributed by atoms with van der Waals surface area (Å²) >= 11 is 6.18. The molecule has 1 aliphatic heterocycles. The van der Waals surface area contributed by atoms with Gasteiger partial charge in [-0.2, -0.15) is 0 Å². The third-order valence-electron chi connectivity index (χ3n) is 3.08. The van der Waals surface area contributed by atoms with E-state index >= 15 is 0 Å². The maximum absolute atomic E-state index is 11.6. The Hall–Kier alpha value is -1.59. The van der Waals surface area contributed by atoms with E-state index in [0.29, 0.717) is 16.3 Å². The van der Waals surface area contributed by atoms with Gasteiger partial charge >= 0.3 is 0 Å². The second-order valence-electron chi connectivity index (χ2n) is 4.86. The van der Waals surface area contributed by atoms with Gasteiger partial charge in [0.05, 0.1) is 22.0 Å². The number of Topliss-reactive ketones (excluding diaryl/α,β-unsaturated/α-hetero) is 1. The standard InChI is InChI=1S/C13H16ClN3O2/c1-16(2)4-5-17(3)11-7-10-8(6-9(11)14)12(18)13(19)15-10/h6-7H,4-5H2,1-3H3,(H,15,18,19). The molecule has 0 atom stereocenters. The van der Waals surface area contributed by atoms with Crippen molar-refractivity contribution in [3.63, 3.8) is 0 Å². The number of hydrogen-bond donors (Lipinski definition) is 1. The molecule has 1 aromatic rings. The van der Waals surface area contributed by atoms with Gasteiger partial charge in [-0.15, -0.1) is 0 Å². The first-order valence-corrected chi connectivity index (χ1v) is 6.33. The van der Waals surface area contributed by atoms with Crippen molar-refractivity contribution in [1.29, 1.82) is 0 Å². The van der Waals surface area contributed by atoms with E-state index in [1.54, 1.807) is 12.1 Å². The number of fused-ring (bicyclic) bond motifs is 1. The average molecular weight is 282 g/mol. The first kappa shape index (κ1) is 13.8. The van der Waals surface area contributed by atoms with E-state index < -0.39 is 11.7 Å². The summed E-state index contributed by atoms with van der Waals surface area (Å²) in [6, 6.07) is 3.30. The van der Waals surface area contributed by atoms with Crippen molar-refractivity contribution >= 4 is 34.7 Å². The Labute approximate surface area is 117 Å². The Morgan fingerprint density at radius 1 is 1.16 bits per heavy atom. The number of carbonyl (C=O) groups excluding carboxylic acids is 2. The van der Waals surface area contributed by atoms with Crippen LogP contribution in [-0.4, -0.2) is 50.8 Å². The van der Waals surface area contributed by atoms with Crippen molar-refractivity contribution < 1.29 is 9.59 Å². The van der Waals surface area contributed by atoms with Gasteiger partial charge in [-0.3, -0.25) is 9.59 Å². The lowest BCUT2D eigenvalue weighted by molar-refractivity contribution is -0.112. The Balaban J connectivity index is 2.27. The highest BCUT2D eigenvalue weighted by molar-refractivity contribution is 6.52. The summed E-state index contributed by atoms with van der Waals surface area (Å²) in [4.78, 5) is 26.9. The smallest absolute Gasteiger partial charge is 0.296 e. The molecule has 0 aliphatic carbocycles. The Kier molecular flexibility index (Phi) is 3.78. The van der Waals surface area contributed by atoms with Gasteiger partial charge in [-0.05, 0) is 26.2 Å². The Morgan fingerprint density at radius 3 is 2.47 bits per heavy atom. The fourth-order valence-electron chi connectivity index (χ4n) is 1.92. The second-order valence-corrected chi connectivity index (χ2v) is 5.26. The lowest BCUT2D eigenvalue weighted by atomic mass is 10.1. The highest BCUT2D eigenvalue weighted by Crippen LogP contribution is 2.34. The van der Waals surface area contributed by atoms with Crippen LogP contribution in [0.15, 0.2) is 12.1 Å². The number of rotatable bonds is 4. The van der Waals surface area contributed by atoms with Crippen LogP contribution < -0.4 is 10.2 Å². The number of hydrogen-bond acceptors (Lipinski definition) is 4. The van der Waals surface area contributed by atoms with Gasteiger partial charge in [-0.1, -0.05) is 11.6 Å². The van der Waals surface area contributed by atoms with Gasteiger partial charge in [0.1, 0.15) is 0 Å². The lowest BCUT2D eigenvalue weighted by Gasteiger charge is -2.23. The van der Waals surface area contributed by atoms with E-state index in [-0.39, 0.29) is 0 Å². The van der Waals surface area contributed by atoms with Crippen molar-refractivity contribution in [2.75, 3.05) is 44.4 Å². The van der Waals surface area contributed by atoms with E-state index in [2.05, 4.69) is 10.2 Å². The van der Waals surface area contributed by atoms with Crippen LogP contribution in [0, 0.1) is 0 Å². The maximum Gasteiger partial charge on any atom is 0.296 e. The van der Waals surface area contributed by atoms with E-state index in [4.69, 9.17) is 11.6 Å². The fourth-order valence-corrected chi connectivity index (χ4v) is 2.23. The van der Waals surface area contributed by atoms with Crippen LogP contribution in [0.5, 0.6) is 0 Å². The molecule has 2 rings (SSSR count). The summed E-state index contributed by atoms with van der Waals surface area (Å²) in [7, 11) is 5.92. The topological polar surface area (TPSA) is 52.7 Å². The predicted octanol–water partition coefficient (Wildman–Crippen LogP) is 1.47. The van der Waals surface area contributed by atoms with Crippen LogP contribution in [-0.2, 0) is 4.79 Å². The van der Waals surface area contributed by atoms with Crippen molar-refractivity contribution in [2.45, 2.75) is 0 Å². The molecule has 102 valence electrons. The minimum absolute atomic E-state index is 0.347. The second kappa shape index (κ2) is 5.19. The van der Waals surface area contributed by atoms with Crippen LogP contribution in [0.2, 0.25) is 5.02 Å². The van der Waals surface area contributed by atoms with Gasteiger partial charge in [0.2, 0.25) is 0 Å². The van der Waals surface area contributed by atoms with Crippen molar-refractivity contribution in [2.24, 2.45) is 0 Å². The molecular formula is C13H16ClN3O2. The van der Waals surface area contributed by atoms with Gasteiger partial charge in [0, 0.05) is 20.1 Å². The summed E-state index contributed by atoms with van der Waals surface area (Å²) in [6.45, 7) is 1.68.